The van der Waals surface area contributed by atoms with Crippen molar-refractivity contribution < 1.29 is 4.74 Å². The molecule has 0 N–H and O–H groups in total. The third kappa shape index (κ3) is 6.39. The molecule has 16 heavy (non-hydrogen) atoms. The van der Waals surface area contributed by atoms with Crippen molar-refractivity contribution in [2.45, 2.75) is 34.6 Å². The van der Waals surface area contributed by atoms with Crippen molar-refractivity contribution in [2.24, 2.45) is 5.41 Å². The van der Waals surface area contributed by atoms with Gasteiger partial charge in [-0.05, 0) is 18.4 Å². The minimum Gasteiger partial charge on any atom is -0.380 e. The summed E-state index contributed by atoms with van der Waals surface area (Å²) in [6, 6.07) is 0. The number of ether oxygens (including phenoxy) is 1. The molecule has 0 aromatic carbocycles. The molecule has 0 bridgehead atoms. The lowest BCUT2D eigenvalue weighted by molar-refractivity contribution is 0.218. The summed E-state index contributed by atoms with van der Waals surface area (Å²) in [5.41, 5.74) is 1.70. The second-order valence-electron chi connectivity index (χ2n) is 5.21. The van der Waals surface area contributed by atoms with Crippen molar-refractivity contribution in [3.8, 4) is 0 Å². The quantitative estimate of drug-likeness (QED) is 0.527. The Labute approximate surface area is 104 Å². The van der Waals surface area contributed by atoms with E-state index in [1.54, 1.807) is 7.11 Å². The summed E-state index contributed by atoms with van der Waals surface area (Å²) in [4.78, 5) is 1.46. The standard InChI is InChI=1S/C14H27OS/c1-12(14(3,4)5)8-9-13(2)16(7)11-10-15-6/h8-9H,10-11H2,1-7H3/q+1/b12-8+,13-9+. The van der Waals surface area contributed by atoms with E-state index in [1.807, 2.05) is 0 Å². The topological polar surface area (TPSA) is 9.23 Å². The normalized spacial score (nSPS) is 16.4. The van der Waals surface area contributed by atoms with E-state index in [1.165, 1.54) is 10.5 Å². The van der Waals surface area contributed by atoms with Crippen LogP contribution in [0.4, 0.5) is 0 Å². The lowest BCUT2D eigenvalue weighted by Crippen LogP contribution is -2.11. The van der Waals surface area contributed by atoms with Crippen LogP contribution in [-0.4, -0.2) is 25.7 Å². The van der Waals surface area contributed by atoms with Crippen LogP contribution in [0.1, 0.15) is 34.6 Å². The number of hydrogen-bond donors (Lipinski definition) is 0. The highest BCUT2D eigenvalue weighted by Gasteiger charge is 2.14. The van der Waals surface area contributed by atoms with Crippen molar-refractivity contribution in [2.75, 3.05) is 25.7 Å². The molecule has 0 spiro atoms. The molecule has 0 radical (unpaired) electrons. The summed E-state index contributed by atoms with van der Waals surface area (Å²) in [6.45, 7) is 12.0. The first-order valence-corrected chi connectivity index (χ1v) is 7.56. The summed E-state index contributed by atoms with van der Waals surface area (Å²) < 4.78 is 5.11. The van der Waals surface area contributed by atoms with Crippen LogP contribution >= 0.6 is 0 Å². The minimum atomic E-state index is 0.273. The highest BCUT2D eigenvalue weighted by atomic mass is 32.2. The highest BCUT2D eigenvalue weighted by Crippen LogP contribution is 2.24. The lowest BCUT2D eigenvalue weighted by atomic mass is 9.87. The van der Waals surface area contributed by atoms with Crippen LogP contribution in [0.15, 0.2) is 22.6 Å². The van der Waals surface area contributed by atoms with Crippen LogP contribution in [0.5, 0.6) is 0 Å². The molecule has 1 atom stereocenters. The van der Waals surface area contributed by atoms with Gasteiger partial charge < -0.3 is 4.74 Å². The van der Waals surface area contributed by atoms with Gasteiger partial charge in [-0.15, -0.1) is 0 Å². The van der Waals surface area contributed by atoms with Crippen molar-refractivity contribution in [3.63, 3.8) is 0 Å². The molecule has 1 nitrogen and oxygen atoms in total. The summed E-state index contributed by atoms with van der Waals surface area (Å²) in [7, 11) is 2.10. The summed E-state index contributed by atoms with van der Waals surface area (Å²) in [5.74, 6) is 1.13. The largest absolute Gasteiger partial charge is 0.380 e. The molecule has 0 rings (SSSR count). The van der Waals surface area contributed by atoms with E-state index in [0.29, 0.717) is 10.9 Å². The van der Waals surface area contributed by atoms with Crippen LogP contribution in [-0.2, 0) is 15.6 Å². The first-order chi connectivity index (χ1) is 7.29. The Balaban J connectivity index is 4.43. The second kappa shape index (κ2) is 7.18. The Kier molecular flexibility index (Phi) is 7.09. The third-order valence-electron chi connectivity index (χ3n) is 2.89. The molecule has 0 aliphatic carbocycles. The van der Waals surface area contributed by atoms with Crippen molar-refractivity contribution in [3.05, 3.63) is 22.6 Å². The molecule has 1 unspecified atom stereocenters. The van der Waals surface area contributed by atoms with Crippen molar-refractivity contribution in [1.29, 1.82) is 0 Å². The van der Waals surface area contributed by atoms with E-state index in [4.69, 9.17) is 4.74 Å². The molecule has 0 aliphatic rings. The fraction of sp³-hybridized carbons (Fsp3) is 0.714. The summed E-state index contributed by atoms with van der Waals surface area (Å²) in [5, 5.41) is 0. The predicted molar refractivity (Wildman–Crippen MR) is 77.0 cm³/mol. The van der Waals surface area contributed by atoms with Gasteiger partial charge in [0.1, 0.15) is 16.9 Å². The number of hydrogen-bond acceptors (Lipinski definition) is 1. The van der Waals surface area contributed by atoms with Gasteiger partial charge in [-0.3, -0.25) is 0 Å². The maximum atomic E-state index is 5.11. The van der Waals surface area contributed by atoms with Crippen LogP contribution in [0.2, 0.25) is 0 Å². The Morgan fingerprint density at radius 3 is 2.19 bits per heavy atom. The van der Waals surface area contributed by atoms with Crippen molar-refractivity contribution >= 4 is 10.9 Å². The monoisotopic (exact) mass is 243 g/mol. The van der Waals surface area contributed by atoms with E-state index in [0.717, 1.165) is 12.4 Å². The Hall–Kier alpha value is -0.210. The minimum absolute atomic E-state index is 0.273. The smallest absolute Gasteiger partial charge is 0.136 e. The molecule has 94 valence electrons. The fourth-order valence-corrected chi connectivity index (χ4v) is 2.02. The molecular formula is C14H27OS+. The molecule has 0 amide bonds. The molecule has 0 heterocycles. The molecular weight excluding hydrogens is 216 g/mol. The van der Waals surface area contributed by atoms with Gasteiger partial charge in [0.15, 0.2) is 0 Å². The fourth-order valence-electron chi connectivity index (χ4n) is 0.978. The second-order valence-corrected chi connectivity index (χ2v) is 7.54. The average molecular weight is 243 g/mol. The predicted octanol–water partition coefficient (Wildman–Crippen LogP) is 3.78. The van der Waals surface area contributed by atoms with Gasteiger partial charge in [0.05, 0.1) is 6.61 Å². The third-order valence-corrected chi connectivity index (χ3v) is 4.91. The first kappa shape index (κ1) is 15.8. The molecule has 0 aromatic heterocycles. The molecule has 0 saturated heterocycles. The summed E-state index contributed by atoms with van der Waals surface area (Å²) >= 11 is 0. The van der Waals surface area contributed by atoms with Gasteiger partial charge >= 0.3 is 0 Å². The lowest BCUT2D eigenvalue weighted by Gasteiger charge is -2.18. The van der Waals surface area contributed by atoms with Crippen LogP contribution in [0.3, 0.4) is 0 Å². The SMILES string of the molecule is COCC[S+](C)/C(C)=C/C=C(\C)C(C)(C)C. The van der Waals surface area contributed by atoms with E-state index < -0.39 is 0 Å². The maximum absolute atomic E-state index is 5.11. The Morgan fingerprint density at radius 1 is 1.19 bits per heavy atom. The van der Waals surface area contributed by atoms with Crippen LogP contribution in [0, 0.1) is 5.41 Å². The highest BCUT2D eigenvalue weighted by molar-refractivity contribution is 7.99. The Bertz CT molecular complexity index is 258. The zero-order valence-electron chi connectivity index (χ0n) is 11.9. The molecule has 0 fully saturated rings. The van der Waals surface area contributed by atoms with Gasteiger partial charge in [-0.25, -0.2) is 0 Å². The van der Waals surface area contributed by atoms with Crippen LogP contribution in [0.25, 0.3) is 0 Å². The number of methoxy groups -OCH3 is 1. The zero-order chi connectivity index (χ0) is 12.8. The van der Waals surface area contributed by atoms with Gasteiger partial charge in [-0.2, -0.15) is 0 Å². The van der Waals surface area contributed by atoms with Crippen LogP contribution < -0.4 is 0 Å². The van der Waals surface area contributed by atoms with Crippen molar-refractivity contribution in [1.82, 2.24) is 0 Å². The summed E-state index contributed by atoms with van der Waals surface area (Å²) in [6.07, 6.45) is 6.80. The molecule has 0 aromatic rings. The van der Waals surface area contributed by atoms with E-state index in [-0.39, 0.29) is 5.41 Å². The maximum Gasteiger partial charge on any atom is 0.136 e. The number of rotatable bonds is 5. The first-order valence-electron chi connectivity index (χ1n) is 5.76. The zero-order valence-corrected chi connectivity index (χ0v) is 12.7. The van der Waals surface area contributed by atoms with E-state index >= 15 is 0 Å². The average Bonchev–Trinajstić information content (AvgIpc) is 2.20. The van der Waals surface area contributed by atoms with Gasteiger partial charge in [0.25, 0.3) is 0 Å². The van der Waals surface area contributed by atoms with E-state index in [9.17, 15) is 0 Å². The van der Waals surface area contributed by atoms with Gasteiger partial charge in [-0.1, -0.05) is 32.4 Å². The van der Waals surface area contributed by atoms with E-state index in [2.05, 4.69) is 53.0 Å². The number of allylic oxidation sites excluding steroid dienone is 4. The van der Waals surface area contributed by atoms with Gasteiger partial charge in [0.2, 0.25) is 0 Å². The molecule has 0 saturated carbocycles. The Morgan fingerprint density at radius 2 is 1.75 bits per heavy atom. The van der Waals surface area contributed by atoms with Gasteiger partial charge in [0, 0.05) is 24.9 Å². The molecule has 2 heteroatoms. The molecule has 0 aliphatic heterocycles.